The number of hydrogen-bond donors (Lipinski definition) is 0. The number of carbonyl (C=O) groups excluding carboxylic acids is 1. The number of anilines is 1. The van der Waals surface area contributed by atoms with E-state index in [1.807, 2.05) is 37.4 Å². The lowest BCUT2D eigenvalue weighted by Crippen LogP contribution is -2.37. The Balaban J connectivity index is 1.38. The minimum Gasteiger partial charge on any atom is -0.484 e. The van der Waals surface area contributed by atoms with Gasteiger partial charge in [-0.3, -0.25) is 4.79 Å². The summed E-state index contributed by atoms with van der Waals surface area (Å²) in [6.45, 7) is 6.02. The molecule has 2 aromatic rings. The van der Waals surface area contributed by atoms with E-state index >= 15 is 0 Å². The molecular weight excluding hydrogens is 332 g/mol. The van der Waals surface area contributed by atoms with Crippen LogP contribution in [0.2, 0.25) is 0 Å². The topological polar surface area (TPSA) is 67.8 Å². The molecule has 0 saturated carbocycles. The molecule has 136 valence electrons. The largest absolute Gasteiger partial charge is 0.484 e. The van der Waals surface area contributed by atoms with Gasteiger partial charge >= 0.3 is 0 Å². The first-order chi connectivity index (χ1) is 12.7. The van der Waals surface area contributed by atoms with Crippen molar-refractivity contribution >= 4 is 11.9 Å². The highest BCUT2D eigenvalue weighted by atomic mass is 16.5. The lowest BCUT2D eigenvalue weighted by Gasteiger charge is -2.26. The van der Waals surface area contributed by atoms with Gasteiger partial charge in [0.25, 0.3) is 5.91 Å². The van der Waals surface area contributed by atoms with Crippen molar-refractivity contribution in [2.45, 2.75) is 20.0 Å². The normalized spacial score (nSPS) is 16.5. The maximum atomic E-state index is 12.5. The zero-order valence-corrected chi connectivity index (χ0v) is 14.9. The van der Waals surface area contributed by atoms with Gasteiger partial charge in [0, 0.05) is 31.4 Å². The van der Waals surface area contributed by atoms with Gasteiger partial charge in [0.05, 0.1) is 25.5 Å². The van der Waals surface area contributed by atoms with Crippen LogP contribution < -0.4 is 9.64 Å². The highest BCUT2D eigenvalue weighted by molar-refractivity contribution is 5.78. The number of fused-ring (bicyclic) bond motifs is 1. The maximum Gasteiger partial charge on any atom is 0.261 e. The summed E-state index contributed by atoms with van der Waals surface area (Å²) in [4.78, 5) is 25.5. The van der Waals surface area contributed by atoms with E-state index < -0.39 is 0 Å². The Labute approximate surface area is 152 Å². The maximum absolute atomic E-state index is 12.5. The number of nitrogens with zero attached hydrogens (tertiary/aromatic N) is 4. The highest BCUT2D eigenvalue weighted by Gasteiger charge is 2.26. The molecule has 1 aromatic heterocycles. The summed E-state index contributed by atoms with van der Waals surface area (Å²) in [5.74, 6) is 1.42. The molecule has 1 saturated heterocycles. The molecule has 0 spiro atoms. The number of rotatable bonds is 4. The number of carbonyl (C=O) groups is 1. The first kappa shape index (κ1) is 16.8. The molecule has 7 nitrogen and oxygen atoms in total. The fraction of sp³-hybridized carbons (Fsp3) is 0.421. The van der Waals surface area contributed by atoms with Gasteiger partial charge in [0.15, 0.2) is 6.61 Å². The minimum atomic E-state index is -0.0424. The lowest BCUT2D eigenvalue weighted by atomic mass is 10.2. The molecule has 0 N–H and O–H groups in total. The highest BCUT2D eigenvalue weighted by Crippen LogP contribution is 2.23. The van der Waals surface area contributed by atoms with Gasteiger partial charge in [-0.1, -0.05) is 18.2 Å². The van der Waals surface area contributed by atoms with E-state index in [1.54, 1.807) is 4.90 Å². The summed E-state index contributed by atoms with van der Waals surface area (Å²) >= 11 is 0. The predicted molar refractivity (Wildman–Crippen MR) is 96.0 cm³/mol. The molecule has 1 amide bonds. The number of aromatic nitrogens is 2. The van der Waals surface area contributed by atoms with Crippen LogP contribution in [0.25, 0.3) is 0 Å². The third kappa shape index (κ3) is 3.48. The van der Waals surface area contributed by atoms with Gasteiger partial charge in [0.1, 0.15) is 5.75 Å². The van der Waals surface area contributed by atoms with Gasteiger partial charge in [0.2, 0.25) is 5.95 Å². The monoisotopic (exact) mass is 354 g/mol. The van der Waals surface area contributed by atoms with Crippen molar-refractivity contribution < 1.29 is 14.3 Å². The fourth-order valence-corrected chi connectivity index (χ4v) is 3.18. The average Bonchev–Trinajstić information content (AvgIpc) is 3.11. The van der Waals surface area contributed by atoms with Crippen molar-refractivity contribution in [3.8, 4) is 5.75 Å². The van der Waals surface area contributed by atoms with Crippen molar-refractivity contribution in [1.29, 1.82) is 0 Å². The van der Waals surface area contributed by atoms with E-state index in [2.05, 4.69) is 14.9 Å². The molecule has 1 fully saturated rings. The molecule has 4 rings (SSSR count). The van der Waals surface area contributed by atoms with Gasteiger partial charge in [-0.2, -0.15) is 0 Å². The number of morpholine rings is 1. The molecule has 0 atom stereocenters. The fourth-order valence-electron chi connectivity index (χ4n) is 3.18. The van der Waals surface area contributed by atoms with Crippen LogP contribution in [-0.2, 0) is 22.6 Å². The molecule has 3 heterocycles. The second-order valence-corrected chi connectivity index (χ2v) is 6.55. The van der Waals surface area contributed by atoms with E-state index in [-0.39, 0.29) is 12.5 Å². The van der Waals surface area contributed by atoms with Gasteiger partial charge in [-0.05, 0) is 18.6 Å². The molecule has 2 aliphatic heterocycles. The SMILES string of the molecule is Cc1ccccc1OCC(=O)N1Cc2cnc(N3CCOCC3)nc2C1. The Morgan fingerprint density at radius 2 is 2.04 bits per heavy atom. The molecule has 0 radical (unpaired) electrons. The van der Waals surface area contributed by atoms with Gasteiger partial charge in [-0.25, -0.2) is 9.97 Å². The van der Waals surface area contributed by atoms with Gasteiger partial charge < -0.3 is 19.3 Å². The van der Waals surface area contributed by atoms with Crippen molar-refractivity contribution in [3.05, 3.63) is 47.3 Å². The smallest absolute Gasteiger partial charge is 0.261 e. The summed E-state index contributed by atoms with van der Waals surface area (Å²) < 4.78 is 11.0. The molecule has 0 unspecified atom stereocenters. The number of hydrogen-bond acceptors (Lipinski definition) is 6. The van der Waals surface area contributed by atoms with Crippen molar-refractivity contribution in [1.82, 2.24) is 14.9 Å². The van der Waals surface area contributed by atoms with E-state index in [4.69, 9.17) is 9.47 Å². The van der Waals surface area contributed by atoms with Crippen molar-refractivity contribution in [3.63, 3.8) is 0 Å². The molecule has 26 heavy (non-hydrogen) atoms. The Kier molecular flexibility index (Phi) is 4.71. The molecular formula is C19H22N4O3. The van der Waals surface area contributed by atoms with Crippen LogP contribution in [0.5, 0.6) is 5.75 Å². The molecule has 7 heteroatoms. The van der Waals surface area contributed by atoms with Crippen LogP contribution in [0.4, 0.5) is 5.95 Å². The lowest BCUT2D eigenvalue weighted by molar-refractivity contribution is -0.134. The quantitative estimate of drug-likeness (QED) is 0.830. The van der Waals surface area contributed by atoms with Crippen molar-refractivity contribution in [2.24, 2.45) is 0 Å². The summed E-state index contributed by atoms with van der Waals surface area (Å²) in [5, 5.41) is 0. The molecule has 0 aliphatic carbocycles. The Morgan fingerprint density at radius 1 is 1.23 bits per heavy atom. The average molecular weight is 354 g/mol. The standard InChI is InChI=1S/C19H22N4O3/c1-14-4-2-3-5-17(14)26-13-18(24)23-11-15-10-20-19(21-16(15)12-23)22-6-8-25-9-7-22/h2-5,10H,6-9,11-13H2,1H3. The van der Waals surface area contributed by atoms with Crippen LogP contribution in [0, 0.1) is 6.92 Å². The van der Waals surface area contributed by atoms with E-state index in [0.29, 0.717) is 26.3 Å². The van der Waals surface area contributed by atoms with E-state index in [9.17, 15) is 4.79 Å². The van der Waals surface area contributed by atoms with Crippen LogP contribution in [-0.4, -0.2) is 53.7 Å². The first-order valence-corrected chi connectivity index (χ1v) is 8.84. The zero-order valence-electron chi connectivity index (χ0n) is 14.9. The van der Waals surface area contributed by atoms with Crippen LogP contribution >= 0.6 is 0 Å². The Hall–Kier alpha value is -2.67. The van der Waals surface area contributed by atoms with E-state index in [1.165, 1.54) is 0 Å². The van der Waals surface area contributed by atoms with Crippen LogP contribution in [0.1, 0.15) is 16.8 Å². The van der Waals surface area contributed by atoms with Crippen LogP contribution in [0.3, 0.4) is 0 Å². The molecule has 0 bridgehead atoms. The molecule has 1 aromatic carbocycles. The third-order valence-electron chi connectivity index (χ3n) is 4.73. The third-order valence-corrected chi connectivity index (χ3v) is 4.73. The number of para-hydroxylation sites is 1. The minimum absolute atomic E-state index is 0.0303. The second-order valence-electron chi connectivity index (χ2n) is 6.55. The first-order valence-electron chi connectivity index (χ1n) is 8.84. The van der Waals surface area contributed by atoms with Crippen LogP contribution in [0.15, 0.2) is 30.5 Å². The second kappa shape index (κ2) is 7.29. The Morgan fingerprint density at radius 3 is 2.85 bits per heavy atom. The summed E-state index contributed by atoms with van der Waals surface area (Å²) in [6, 6.07) is 7.70. The number of amides is 1. The Bertz CT molecular complexity index is 805. The van der Waals surface area contributed by atoms with Crippen molar-refractivity contribution in [2.75, 3.05) is 37.8 Å². The summed E-state index contributed by atoms with van der Waals surface area (Å²) in [5.41, 5.74) is 2.95. The summed E-state index contributed by atoms with van der Waals surface area (Å²) in [7, 11) is 0. The van der Waals surface area contributed by atoms with Gasteiger partial charge in [-0.15, -0.1) is 0 Å². The number of aryl methyl sites for hydroxylation is 1. The zero-order chi connectivity index (χ0) is 17.9. The predicted octanol–water partition coefficient (Wildman–Crippen LogP) is 1.54. The molecule has 2 aliphatic rings. The van der Waals surface area contributed by atoms with E-state index in [0.717, 1.165) is 41.6 Å². The number of benzene rings is 1. The number of ether oxygens (including phenoxy) is 2. The summed E-state index contributed by atoms with van der Waals surface area (Å²) in [6.07, 6.45) is 1.84.